The molecule has 0 radical (unpaired) electrons. The van der Waals surface area contributed by atoms with Crippen LogP contribution >= 0.6 is 12.4 Å². The summed E-state index contributed by atoms with van der Waals surface area (Å²) in [5, 5.41) is 11.9. The molecule has 0 fully saturated rings. The van der Waals surface area contributed by atoms with Gasteiger partial charge in [0.1, 0.15) is 0 Å². The molecular weight excluding hydrogens is 243 g/mol. The van der Waals surface area contributed by atoms with E-state index in [1.54, 1.807) is 6.07 Å². The molecule has 0 saturated carbocycles. The lowest BCUT2D eigenvalue weighted by Gasteiger charge is -2.25. The summed E-state index contributed by atoms with van der Waals surface area (Å²) in [6.45, 7) is 0.167. The normalized spacial score (nSPS) is 19.4. The molecule has 0 aromatic heterocycles. The number of alkyl halides is 3. The minimum Gasteiger partial charge on any atom is -0.391 e. The summed E-state index contributed by atoms with van der Waals surface area (Å²) in [7, 11) is 0. The number of para-hydroxylation sites is 1. The van der Waals surface area contributed by atoms with Gasteiger partial charge in [0, 0.05) is 18.7 Å². The fraction of sp³-hybridized carbons (Fsp3) is 0.400. The molecule has 0 saturated heterocycles. The van der Waals surface area contributed by atoms with Gasteiger partial charge in [0.2, 0.25) is 0 Å². The molecule has 6 heteroatoms. The van der Waals surface area contributed by atoms with E-state index in [-0.39, 0.29) is 31.1 Å². The molecule has 16 heavy (non-hydrogen) atoms. The third-order valence-electron chi connectivity index (χ3n) is 2.43. The average molecular weight is 254 g/mol. The van der Waals surface area contributed by atoms with Crippen molar-refractivity contribution in [2.45, 2.75) is 18.7 Å². The monoisotopic (exact) mass is 253 g/mol. The molecule has 1 aromatic rings. The van der Waals surface area contributed by atoms with E-state index in [0.717, 1.165) is 6.07 Å². The second kappa shape index (κ2) is 4.51. The van der Waals surface area contributed by atoms with E-state index in [2.05, 4.69) is 5.32 Å². The van der Waals surface area contributed by atoms with Crippen molar-refractivity contribution >= 4 is 18.1 Å². The van der Waals surface area contributed by atoms with Crippen LogP contribution in [0.25, 0.3) is 0 Å². The molecule has 0 amide bonds. The molecule has 2 N–H and O–H groups in total. The Morgan fingerprint density at radius 1 is 1.31 bits per heavy atom. The lowest BCUT2D eigenvalue weighted by atomic mass is 9.98. The summed E-state index contributed by atoms with van der Waals surface area (Å²) in [6, 6.07) is 4.00. The van der Waals surface area contributed by atoms with Crippen LogP contribution in [-0.2, 0) is 12.6 Å². The number of β-amino-alcohol motifs (C(OH)–C–C–N with tert-alkyl or cyclic N) is 1. The highest BCUT2D eigenvalue weighted by Crippen LogP contribution is 2.38. The number of nitrogens with one attached hydrogen (secondary N) is 1. The van der Waals surface area contributed by atoms with E-state index in [1.165, 1.54) is 6.07 Å². The fourth-order valence-corrected chi connectivity index (χ4v) is 1.76. The van der Waals surface area contributed by atoms with E-state index in [1.807, 2.05) is 0 Å². The summed E-state index contributed by atoms with van der Waals surface area (Å²) >= 11 is 0. The van der Waals surface area contributed by atoms with Crippen LogP contribution in [0.1, 0.15) is 11.1 Å². The van der Waals surface area contributed by atoms with Gasteiger partial charge in [-0.25, -0.2) is 0 Å². The number of aliphatic hydroxyl groups excluding tert-OH is 1. The first-order chi connectivity index (χ1) is 6.98. The quantitative estimate of drug-likeness (QED) is 0.744. The van der Waals surface area contributed by atoms with E-state index in [9.17, 15) is 18.3 Å². The number of benzene rings is 1. The number of anilines is 1. The topological polar surface area (TPSA) is 32.3 Å². The van der Waals surface area contributed by atoms with Gasteiger partial charge in [0.25, 0.3) is 0 Å². The zero-order chi connectivity index (χ0) is 11.1. The molecule has 1 unspecified atom stereocenters. The van der Waals surface area contributed by atoms with E-state index < -0.39 is 17.8 Å². The smallest absolute Gasteiger partial charge is 0.391 e. The first-order valence-electron chi connectivity index (χ1n) is 4.59. The van der Waals surface area contributed by atoms with E-state index in [0.29, 0.717) is 5.56 Å². The van der Waals surface area contributed by atoms with Crippen molar-refractivity contribution in [3.8, 4) is 0 Å². The van der Waals surface area contributed by atoms with Gasteiger partial charge < -0.3 is 10.4 Å². The van der Waals surface area contributed by atoms with Crippen molar-refractivity contribution in [1.29, 1.82) is 0 Å². The molecule has 90 valence electrons. The van der Waals surface area contributed by atoms with Crippen LogP contribution in [0.4, 0.5) is 18.9 Å². The number of halogens is 4. The molecule has 1 heterocycles. The van der Waals surface area contributed by atoms with Gasteiger partial charge in [-0.3, -0.25) is 0 Å². The van der Waals surface area contributed by atoms with Crippen molar-refractivity contribution < 1.29 is 18.3 Å². The highest BCUT2D eigenvalue weighted by atomic mass is 35.5. The van der Waals surface area contributed by atoms with Crippen molar-refractivity contribution in [3.63, 3.8) is 0 Å². The van der Waals surface area contributed by atoms with Crippen molar-refractivity contribution in [2.24, 2.45) is 0 Å². The molecule has 0 spiro atoms. The molecule has 1 atom stereocenters. The van der Waals surface area contributed by atoms with Crippen LogP contribution in [0.2, 0.25) is 0 Å². The summed E-state index contributed by atoms with van der Waals surface area (Å²) in [6.07, 6.45) is -4.69. The van der Waals surface area contributed by atoms with Gasteiger partial charge in [0.05, 0.1) is 11.7 Å². The van der Waals surface area contributed by atoms with Gasteiger partial charge in [-0.15, -0.1) is 12.4 Å². The number of rotatable bonds is 0. The van der Waals surface area contributed by atoms with Crippen molar-refractivity contribution in [2.75, 3.05) is 11.9 Å². The lowest BCUT2D eigenvalue weighted by molar-refractivity contribution is -0.137. The maximum atomic E-state index is 12.6. The van der Waals surface area contributed by atoms with Gasteiger partial charge >= 0.3 is 6.18 Å². The van der Waals surface area contributed by atoms with Gasteiger partial charge in [-0.05, 0) is 11.6 Å². The third-order valence-corrected chi connectivity index (χ3v) is 2.43. The molecule has 2 rings (SSSR count). The molecule has 2 nitrogen and oxygen atoms in total. The molecule has 0 bridgehead atoms. The average Bonchev–Trinajstić information content (AvgIpc) is 2.15. The summed E-state index contributed by atoms with van der Waals surface area (Å²) in [4.78, 5) is 0. The second-order valence-corrected chi connectivity index (χ2v) is 3.58. The lowest BCUT2D eigenvalue weighted by Crippen LogP contribution is -2.29. The van der Waals surface area contributed by atoms with Crippen LogP contribution in [0, 0.1) is 0 Å². The first kappa shape index (κ1) is 13.1. The van der Waals surface area contributed by atoms with E-state index >= 15 is 0 Å². The first-order valence-corrected chi connectivity index (χ1v) is 4.59. The Kier molecular flexibility index (Phi) is 3.70. The predicted octanol–water partition coefficient (Wildman–Crippen LogP) is 2.46. The molecule has 0 aliphatic carbocycles. The van der Waals surface area contributed by atoms with Crippen LogP contribution < -0.4 is 5.32 Å². The number of hydrogen-bond acceptors (Lipinski definition) is 2. The Morgan fingerprint density at radius 2 is 2.00 bits per heavy atom. The summed E-state index contributed by atoms with van der Waals surface area (Å²) in [5.74, 6) is 0. The number of aliphatic hydroxyl groups is 1. The van der Waals surface area contributed by atoms with Crippen LogP contribution in [0.5, 0.6) is 0 Å². The van der Waals surface area contributed by atoms with Crippen LogP contribution in [0.3, 0.4) is 0 Å². The second-order valence-electron chi connectivity index (χ2n) is 3.58. The zero-order valence-corrected chi connectivity index (χ0v) is 9.03. The molecular formula is C10H11ClF3NO. The third kappa shape index (κ3) is 2.41. The summed E-state index contributed by atoms with van der Waals surface area (Å²) < 4.78 is 37.7. The minimum absolute atomic E-state index is 0. The van der Waals surface area contributed by atoms with Crippen molar-refractivity contribution in [3.05, 3.63) is 29.3 Å². The molecule has 1 aliphatic rings. The van der Waals surface area contributed by atoms with Gasteiger partial charge in [0.15, 0.2) is 0 Å². The minimum atomic E-state index is -4.35. The highest BCUT2D eigenvalue weighted by molar-refractivity contribution is 5.85. The Balaban J connectivity index is 0.00000128. The Morgan fingerprint density at radius 3 is 2.62 bits per heavy atom. The predicted molar refractivity (Wildman–Crippen MR) is 56.9 cm³/mol. The van der Waals surface area contributed by atoms with Crippen LogP contribution in [0.15, 0.2) is 18.2 Å². The fourth-order valence-electron chi connectivity index (χ4n) is 1.76. The van der Waals surface area contributed by atoms with Crippen molar-refractivity contribution in [1.82, 2.24) is 0 Å². The Labute approximate surface area is 96.9 Å². The Bertz CT molecular complexity index is 381. The van der Waals surface area contributed by atoms with E-state index in [4.69, 9.17) is 0 Å². The highest BCUT2D eigenvalue weighted by Gasteiger charge is 2.35. The molecule has 1 aromatic carbocycles. The largest absolute Gasteiger partial charge is 0.418 e. The van der Waals surface area contributed by atoms with Crippen LogP contribution in [-0.4, -0.2) is 17.8 Å². The maximum Gasteiger partial charge on any atom is 0.418 e. The Hall–Kier alpha value is -0.940. The SMILES string of the molecule is Cl.OC1CNc2c(cccc2C(F)(F)F)C1. The molecule has 1 aliphatic heterocycles. The van der Waals surface area contributed by atoms with Gasteiger partial charge in [-0.1, -0.05) is 12.1 Å². The number of fused-ring (bicyclic) bond motifs is 1. The summed E-state index contributed by atoms with van der Waals surface area (Å²) in [5.41, 5.74) is -0.0363. The number of hydrogen-bond donors (Lipinski definition) is 2. The zero-order valence-electron chi connectivity index (χ0n) is 8.21. The maximum absolute atomic E-state index is 12.6. The van der Waals surface area contributed by atoms with Gasteiger partial charge in [-0.2, -0.15) is 13.2 Å². The standard InChI is InChI=1S/C10H10F3NO.ClH/c11-10(12,13)8-3-1-2-6-4-7(15)5-14-9(6)8;/h1-3,7,14-15H,4-5H2;1H.